The average molecular weight is 249 g/mol. The van der Waals surface area contributed by atoms with Crippen molar-refractivity contribution < 1.29 is 14.3 Å². The standard InChI is InChI=1S/C14H19NO3/c1-10-6-4-5-7-12(10)8-9-13(16)15-11(2)14(17)18-3/h4-7,11H,8-9H2,1-3H3,(H,15,16). The number of rotatable bonds is 5. The number of benzene rings is 1. The van der Waals surface area contributed by atoms with Crippen molar-refractivity contribution in [2.75, 3.05) is 7.11 Å². The number of carbonyl (C=O) groups excluding carboxylic acids is 2. The van der Waals surface area contributed by atoms with Crippen LogP contribution in [0.3, 0.4) is 0 Å². The van der Waals surface area contributed by atoms with E-state index in [9.17, 15) is 9.59 Å². The molecule has 0 aliphatic heterocycles. The summed E-state index contributed by atoms with van der Waals surface area (Å²) >= 11 is 0. The molecule has 0 saturated heterocycles. The van der Waals surface area contributed by atoms with Gasteiger partial charge in [-0.05, 0) is 31.4 Å². The number of ether oxygens (including phenoxy) is 1. The van der Waals surface area contributed by atoms with Gasteiger partial charge in [0, 0.05) is 6.42 Å². The fourth-order valence-electron chi connectivity index (χ4n) is 1.69. The molecule has 0 radical (unpaired) electrons. The molecule has 0 saturated carbocycles. The molecule has 98 valence electrons. The number of aryl methyl sites for hydroxylation is 2. The first-order chi connectivity index (χ1) is 8.54. The zero-order valence-electron chi connectivity index (χ0n) is 11.0. The molecule has 1 aromatic rings. The molecule has 4 heteroatoms. The summed E-state index contributed by atoms with van der Waals surface area (Å²) in [6, 6.07) is 7.35. The third-order valence-electron chi connectivity index (χ3n) is 2.81. The highest BCUT2D eigenvalue weighted by atomic mass is 16.5. The SMILES string of the molecule is COC(=O)C(C)NC(=O)CCc1ccccc1C. The van der Waals surface area contributed by atoms with Gasteiger partial charge in [-0.2, -0.15) is 0 Å². The number of methoxy groups -OCH3 is 1. The van der Waals surface area contributed by atoms with Gasteiger partial charge < -0.3 is 10.1 Å². The van der Waals surface area contributed by atoms with Gasteiger partial charge in [-0.1, -0.05) is 24.3 Å². The molecule has 0 aliphatic carbocycles. The largest absolute Gasteiger partial charge is 0.467 e. The molecule has 0 aromatic heterocycles. The third kappa shape index (κ3) is 4.20. The van der Waals surface area contributed by atoms with Crippen LogP contribution in [0.4, 0.5) is 0 Å². The Kier molecular flexibility index (Phi) is 5.36. The van der Waals surface area contributed by atoms with Crippen LogP contribution in [0.1, 0.15) is 24.5 Å². The molecule has 18 heavy (non-hydrogen) atoms. The highest BCUT2D eigenvalue weighted by molar-refractivity contribution is 5.84. The number of carbonyl (C=O) groups is 2. The second kappa shape index (κ2) is 6.79. The molecule has 1 unspecified atom stereocenters. The molecule has 1 rings (SSSR count). The van der Waals surface area contributed by atoms with E-state index in [2.05, 4.69) is 10.1 Å². The molecular formula is C14H19NO3. The van der Waals surface area contributed by atoms with Gasteiger partial charge in [0.25, 0.3) is 0 Å². The highest BCUT2D eigenvalue weighted by Gasteiger charge is 2.15. The predicted molar refractivity (Wildman–Crippen MR) is 69.1 cm³/mol. The van der Waals surface area contributed by atoms with Crippen LogP contribution in [0.15, 0.2) is 24.3 Å². The van der Waals surface area contributed by atoms with E-state index in [0.717, 1.165) is 5.56 Å². The first-order valence-electron chi connectivity index (χ1n) is 5.96. The van der Waals surface area contributed by atoms with Gasteiger partial charge in [0.2, 0.25) is 5.91 Å². The maximum Gasteiger partial charge on any atom is 0.328 e. The monoisotopic (exact) mass is 249 g/mol. The lowest BCUT2D eigenvalue weighted by Gasteiger charge is -2.11. The van der Waals surface area contributed by atoms with Gasteiger partial charge in [0.15, 0.2) is 0 Å². The summed E-state index contributed by atoms with van der Waals surface area (Å²) in [5, 5.41) is 2.61. The topological polar surface area (TPSA) is 55.4 Å². The Balaban J connectivity index is 2.43. The van der Waals surface area contributed by atoms with Gasteiger partial charge in [0.1, 0.15) is 6.04 Å². The number of esters is 1. The molecule has 0 spiro atoms. The third-order valence-corrected chi connectivity index (χ3v) is 2.81. The second-order valence-corrected chi connectivity index (χ2v) is 4.24. The lowest BCUT2D eigenvalue weighted by atomic mass is 10.0. The first-order valence-corrected chi connectivity index (χ1v) is 5.96. The Morgan fingerprint density at radius 2 is 2.00 bits per heavy atom. The van der Waals surface area contributed by atoms with Crippen molar-refractivity contribution in [1.82, 2.24) is 5.32 Å². The average Bonchev–Trinajstić information content (AvgIpc) is 2.36. The number of amides is 1. The van der Waals surface area contributed by atoms with Crippen molar-refractivity contribution in [3.05, 3.63) is 35.4 Å². The molecule has 0 bridgehead atoms. The van der Waals surface area contributed by atoms with Crippen LogP contribution in [-0.2, 0) is 20.7 Å². The van der Waals surface area contributed by atoms with Crippen molar-refractivity contribution in [1.29, 1.82) is 0 Å². The lowest BCUT2D eigenvalue weighted by molar-refractivity contribution is -0.144. The summed E-state index contributed by atoms with van der Waals surface area (Å²) < 4.78 is 4.54. The maximum atomic E-state index is 11.6. The van der Waals surface area contributed by atoms with E-state index in [1.807, 2.05) is 31.2 Å². The van der Waals surface area contributed by atoms with E-state index in [1.165, 1.54) is 12.7 Å². The van der Waals surface area contributed by atoms with Crippen molar-refractivity contribution >= 4 is 11.9 Å². The van der Waals surface area contributed by atoms with Crippen LogP contribution >= 0.6 is 0 Å². The normalized spacial score (nSPS) is 11.7. The Morgan fingerprint density at radius 1 is 1.33 bits per heavy atom. The first kappa shape index (κ1) is 14.2. The van der Waals surface area contributed by atoms with Gasteiger partial charge in [0.05, 0.1) is 7.11 Å². The van der Waals surface area contributed by atoms with Gasteiger partial charge >= 0.3 is 5.97 Å². The minimum atomic E-state index is -0.598. The molecule has 0 aliphatic rings. The summed E-state index contributed by atoms with van der Waals surface area (Å²) in [7, 11) is 1.30. The Morgan fingerprint density at radius 3 is 2.61 bits per heavy atom. The molecular weight excluding hydrogens is 230 g/mol. The van der Waals surface area contributed by atoms with Crippen LogP contribution in [0.5, 0.6) is 0 Å². The predicted octanol–water partition coefficient (Wildman–Crippen LogP) is 1.61. The highest BCUT2D eigenvalue weighted by Crippen LogP contribution is 2.09. The van der Waals surface area contributed by atoms with Crippen LogP contribution in [0.25, 0.3) is 0 Å². The minimum absolute atomic E-state index is 0.142. The number of hydrogen-bond donors (Lipinski definition) is 1. The Labute approximate surface area is 107 Å². The number of hydrogen-bond acceptors (Lipinski definition) is 3. The fourth-order valence-corrected chi connectivity index (χ4v) is 1.69. The zero-order chi connectivity index (χ0) is 13.5. The quantitative estimate of drug-likeness (QED) is 0.806. The smallest absolute Gasteiger partial charge is 0.328 e. The fraction of sp³-hybridized carbons (Fsp3) is 0.429. The van der Waals surface area contributed by atoms with E-state index >= 15 is 0 Å². The Bertz CT molecular complexity index is 429. The van der Waals surface area contributed by atoms with E-state index < -0.39 is 12.0 Å². The van der Waals surface area contributed by atoms with Crippen LogP contribution < -0.4 is 5.32 Å². The van der Waals surface area contributed by atoms with Crippen LogP contribution in [0.2, 0.25) is 0 Å². The van der Waals surface area contributed by atoms with E-state index in [4.69, 9.17) is 0 Å². The molecule has 1 amide bonds. The van der Waals surface area contributed by atoms with Crippen LogP contribution in [-0.4, -0.2) is 25.0 Å². The molecule has 1 N–H and O–H groups in total. The van der Waals surface area contributed by atoms with Crippen molar-refractivity contribution in [3.8, 4) is 0 Å². The van der Waals surface area contributed by atoms with Crippen molar-refractivity contribution in [2.45, 2.75) is 32.7 Å². The van der Waals surface area contributed by atoms with Gasteiger partial charge in [-0.3, -0.25) is 4.79 Å². The summed E-state index contributed by atoms with van der Waals surface area (Å²) in [6.45, 7) is 3.63. The maximum absolute atomic E-state index is 11.6. The van der Waals surface area contributed by atoms with E-state index in [1.54, 1.807) is 6.92 Å². The Hall–Kier alpha value is -1.84. The second-order valence-electron chi connectivity index (χ2n) is 4.24. The lowest BCUT2D eigenvalue weighted by Crippen LogP contribution is -2.39. The molecule has 1 atom stereocenters. The summed E-state index contributed by atoms with van der Waals surface area (Å²) in [5.41, 5.74) is 2.32. The van der Waals surface area contributed by atoms with E-state index in [-0.39, 0.29) is 5.91 Å². The molecule has 4 nitrogen and oxygen atoms in total. The van der Waals surface area contributed by atoms with Crippen LogP contribution in [0, 0.1) is 6.92 Å². The number of nitrogens with one attached hydrogen (secondary N) is 1. The van der Waals surface area contributed by atoms with Crippen molar-refractivity contribution in [2.24, 2.45) is 0 Å². The molecule has 0 heterocycles. The summed E-state index contributed by atoms with van der Waals surface area (Å²) in [4.78, 5) is 22.8. The minimum Gasteiger partial charge on any atom is -0.467 e. The van der Waals surface area contributed by atoms with Crippen molar-refractivity contribution in [3.63, 3.8) is 0 Å². The zero-order valence-corrected chi connectivity index (χ0v) is 11.0. The molecule has 1 aromatic carbocycles. The summed E-state index contributed by atoms with van der Waals surface area (Å²) in [5.74, 6) is -0.574. The molecule has 0 fully saturated rings. The van der Waals surface area contributed by atoms with E-state index in [0.29, 0.717) is 12.8 Å². The summed E-state index contributed by atoms with van der Waals surface area (Å²) in [6.07, 6.45) is 1.04. The van der Waals surface area contributed by atoms with Gasteiger partial charge in [-0.25, -0.2) is 4.79 Å². The van der Waals surface area contributed by atoms with Gasteiger partial charge in [-0.15, -0.1) is 0 Å².